The van der Waals surface area contributed by atoms with Crippen molar-refractivity contribution >= 4 is 5.97 Å². The number of esters is 1. The first kappa shape index (κ1) is 19.4. The Balaban J connectivity index is 1.68. The second-order valence-corrected chi connectivity index (χ2v) is 8.45. The van der Waals surface area contributed by atoms with Gasteiger partial charge in [-0.2, -0.15) is 0 Å². The van der Waals surface area contributed by atoms with E-state index in [4.69, 9.17) is 4.74 Å². The number of carbonyl (C=O) groups is 1. The Bertz CT molecular complexity index is 576. The molecule has 1 N–H and O–H groups in total. The first-order valence-electron chi connectivity index (χ1n) is 10.3. The Morgan fingerprint density at radius 1 is 1.08 bits per heavy atom. The fourth-order valence-electron chi connectivity index (χ4n) is 4.70. The molecule has 1 atom stereocenters. The largest absolute Gasteiger partial charge is 0.457 e. The molecule has 144 valence electrons. The number of ether oxygens (including phenoxy) is 1. The molecule has 26 heavy (non-hydrogen) atoms. The number of rotatable bonds is 6. The van der Waals surface area contributed by atoms with E-state index in [0.717, 1.165) is 49.8 Å². The Morgan fingerprint density at radius 2 is 1.69 bits per heavy atom. The van der Waals surface area contributed by atoms with Gasteiger partial charge in [-0.15, -0.1) is 0 Å². The third-order valence-corrected chi connectivity index (χ3v) is 6.48. The summed E-state index contributed by atoms with van der Waals surface area (Å²) in [6.45, 7) is 3.53. The Hall–Kier alpha value is -1.39. The number of likely N-dealkylation sites (N-methyl/N-ethyl adjacent to an activating group) is 1. The van der Waals surface area contributed by atoms with Gasteiger partial charge in [0.05, 0.1) is 20.1 Å². The maximum absolute atomic E-state index is 13.0. The maximum Gasteiger partial charge on any atom is 0.343 e. The fourth-order valence-corrected chi connectivity index (χ4v) is 4.70. The summed E-state index contributed by atoms with van der Waals surface area (Å²) >= 11 is 0. The summed E-state index contributed by atoms with van der Waals surface area (Å²) in [5, 5.41) is 11.5. The van der Waals surface area contributed by atoms with Crippen LogP contribution in [0.25, 0.3) is 0 Å². The predicted molar refractivity (Wildman–Crippen MR) is 103 cm³/mol. The molecule has 2 fully saturated rings. The van der Waals surface area contributed by atoms with Crippen LogP contribution in [0, 0.1) is 5.92 Å². The van der Waals surface area contributed by atoms with Crippen LogP contribution in [0.5, 0.6) is 0 Å². The van der Waals surface area contributed by atoms with Crippen molar-refractivity contribution in [3.63, 3.8) is 0 Å². The van der Waals surface area contributed by atoms with Gasteiger partial charge in [0.15, 0.2) is 5.60 Å². The summed E-state index contributed by atoms with van der Waals surface area (Å²) in [7, 11) is 2.25. The molecule has 4 nitrogen and oxygen atoms in total. The second kappa shape index (κ2) is 8.53. The van der Waals surface area contributed by atoms with Gasteiger partial charge in [0.25, 0.3) is 0 Å². The van der Waals surface area contributed by atoms with Crippen LogP contribution in [-0.4, -0.2) is 48.8 Å². The van der Waals surface area contributed by atoms with Crippen molar-refractivity contribution in [1.82, 2.24) is 0 Å². The molecular weight excluding hydrogens is 326 g/mol. The van der Waals surface area contributed by atoms with Gasteiger partial charge in [-0.3, -0.25) is 0 Å². The molecular formula is C22H34NO3+. The third kappa shape index (κ3) is 4.29. The molecule has 0 unspecified atom stereocenters. The van der Waals surface area contributed by atoms with E-state index in [0.29, 0.717) is 12.2 Å². The zero-order valence-corrected chi connectivity index (χ0v) is 16.2. The average molecular weight is 361 g/mol. The van der Waals surface area contributed by atoms with E-state index in [1.165, 1.54) is 25.7 Å². The molecule has 0 radical (unpaired) electrons. The number of piperidine rings is 1. The number of nitrogens with zero attached hydrogens (tertiary/aromatic N) is 1. The highest BCUT2D eigenvalue weighted by Crippen LogP contribution is 2.40. The number of likely N-dealkylation sites (tertiary alicyclic amines) is 1. The third-order valence-electron chi connectivity index (χ3n) is 6.48. The molecule has 4 heteroatoms. The summed E-state index contributed by atoms with van der Waals surface area (Å²) in [6.07, 6.45) is 8.91. The van der Waals surface area contributed by atoms with E-state index in [2.05, 4.69) is 7.05 Å². The number of aliphatic hydroxyl groups is 1. The van der Waals surface area contributed by atoms with Crippen LogP contribution in [0.4, 0.5) is 0 Å². The van der Waals surface area contributed by atoms with Crippen LogP contribution >= 0.6 is 0 Å². The minimum Gasteiger partial charge on any atom is -0.457 e. The molecule has 1 aromatic carbocycles. The van der Waals surface area contributed by atoms with E-state index in [9.17, 15) is 9.90 Å². The lowest BCUT2D eigenvalue weighted by atomic mass is 9.73. The molecule has 1 aliphatic carbocycles. The minimum absolute atomic E-state index is 0.0501. The Kier molecular flexibility index (Phi) is 6.36. The molecule has 3 rings (SSSR count). The van der Waals surface area contributed by atoms with Crippen LogP contribution in [0.1, 0.15) is 56.9 Å². The summed E-state index contributed by atoms with van der Waals surface area (Å²) in [6, 6.07) is 9.40. The molecule has 1 aliphatic heterocycles. The Labute approximate surface area is 157 Å². The average Bonchev–Trinajstić information content (AvgIpc) is 2.69. The smallest absolute Gasteiger partial charge is 0.343 e. The maximum atomic E-state index is 13.0. The molecule has 0 amide bonds. The lowest BCUT2D eigenvalue weighted by molar-refractivity contribution is -0.914. The molecule has 1 saturated heterocycles. The zero-order chi connectivity index (χ0) is 18.5. The second-order valence-electron chi connectivity index (χ2n) is 8.45. The quantitative estimate of drug-likeness (QED) is 0.622. The number of hydrogen-bond donors (Lipinski definition) is 1. The molecule has 2 aliphatic rings. The summed E-state index contributed by atoms with van der Waals surface area (Å²) in [5.74, 6) is -0.509. The number of hydrogen-bond acceptors (Lipinski definition) is 3. The number of carbonyl (C=O) groups excluding carboxylic acids is 1. The van der Waals surface area contributed by atoms with Crippen molar-refractivity contribution in [2.45, 2.75) is 57.0 Å². The van der Waals surface area contributed by atoms with Crippen molar-refractivity contribution in [2.24, 2.45) is 5.92 Å². The molecule has 0 aromatic heterocycles. The van der Waals surface area contributed by atoms with Crippen LogP contribution < -0.4 is 0 Å². The number of quaternary nitrogens is 1. The van der Waals surface area contributed by atoms with Gasteiger partial charge >= 0.3 is 5.97 Å². The summed E-state index contributed by atoms with van der Waals surface area (Å²) < 4.78 is 6.65. The highest BCUT2D eigenvalue weighted by atomic mass is 16.5. The molecule has 0 bridgehead atoms. The van der Waals surface area contributed by atoms with Gasteiger partial charge in [-0.1, -0.05) is 49.6 Å². The van der Waals surface area contributed by atoms with Crippen molar-refractivity contribution in [1.29, 1.82) is 0 Å². The first-order chi connectivity index (χ1) is 12.5. The van der Waals surface area contributed by atoms with E-state index in [1.54, 1.807) is 0 Å². The molecule has 1 heterocycles. The molecule has 1 aromatic rings. The van der Waals surface area contributed by atoms with Crippen molar-refractivity contribution < 1.29 is 19.1 Å². The lowest BCUT2D eigenvalue weighted by Crippen LogP contribution is -2.51. The van der Waals surface area contributed by atoms with E-state index in [1.807, 2.05) is 30.3 Å². The van der Waals surface area contributed by atoms with Crippen molar-refractivity contribution in [2.75, 3.05) is 33.3 Å². The standard InChI is InChI=1S/C22H34NO3/c1-23(15-9-4-10-16-23)17-18-26-21(24)22(25,19-11-5-2-6-12-19)20-13-7-3-8-14-20/h2,5-6,11-12,20,25H,3-4,7-10,13-18H2,1H3/q+1/t22-/m1/s1. The van der Waals surface area contributed by atoms with Gasteiger partial charge in [0, 0.05) is 5.92 Å². The van der Waals surface area contributed by atoms with Crippen LogP contribution in [0.2, 0.25) is 0 Å². The zero-order valence-electron chi connectivity index (χ0n) is 16.2. The lowest BCUT2D eigenvalue weighted by Gasteiger charge is -2.39. The highest BCUT2D eigenvalue weighted by Gasteiger charge is 2.47. The van der Waals surface area contributed by atoms with Crippen LogP contribution in [0.15, 0.2) is 30.3 Å². The monoisotopic (exact) mass is 360 g/mol. The van der Waals surface area contributed by atoms with Gasteiger partial charge in [-0.25, -0.2) is 4.79 Å². The molecule has 0 spiro atoms. The van der Waals surface area contributed by atoms with E-state index >= 15 is 0 Å². The fraction of sp³-hybridized carbons (Fsp3) is 0.682. The van der Waals surface area contributed by atoms with Crippen molar-refractivity contribution in [3.05, 3.63) is 35.9 Å². The Morgan fingerprint density at radius 3 is 2.35 bits per heavy atom. The number of benzene rings is 1. The highest BCUT2D eigenvalue weighted by molar-refractivity contribution is 5.81. The summed E-state index contributed by atoms with van der Waals surface area (Å²) in [5.41, 5.74) is -0.836. The van der Waals surface area contributed by atoms with Gasteiger partial charge < -0.3 is 14.3 Å². The molecule has 1 saturated carbocycles. The SMILES string of the molecule is C[N+]1(CCOC(=O)[C@@](O)(c2ccccc2)C2CCCCC2)CCCCC1. The first-order valence-corrected chi connectivity index (χ1v) is 10.3. The van der Waals surface area contributed by atoms with Gasteiger partial charge in [-0.05, 0) is 37.7 Å². The van der Waals surface area contributed by atoms with E-state index < -0.39 is 11.6 Å². The van der Waals surface area contributed by atoms with Crippen LogP contribution in [0.3, 0.4) is 0 Å². The predicted octanol–water partition coefficient (Wildman–Crippen LogP) is 3.63. The topological polar surface area (TPSA) is 46.5 Å². The van der Waals surface area contributed by atoms with Gasteiger partial charge in [0.1, 0.15) is 13.2 Å². The minimum atomic E-state index is -1.51. The van der Waals surface area contributed by atoms with Gasteiger partial charge in [0.2, 0.25) is 0 Å². The van der Waals surface area contributed by atoms with Crippen molar-refractivity contribution in [3.8, 4) is 0 Å². The van der Waals surface area contributed by atoms with E-state index in [-0.39, 0.29) is 5.92 Å². The van der Waals surface area contributed by atoms with Crippen LogP contribution in [-0.2, 0) is 15.1 Å². The normalized spacial score (nSPS) is 23.2. The summed E-state index contributed by atoms with van der Waals surface area (Å²) in [4.78, 5) is 13.0.